The first kappa shape index (κ1) is 6.98. The predicted octanol–water partition coefficient (Wildman–Crippen LogP) is 2.25. The maximum atomic E-state index is 9.41. The largest absolute Gasteiger partial charge is 0.504 e. The number of phenolic OH excluding ortho intramolecular Hbond substituents is 2. The van der Waals surface area contributed by atoms with Crippen LogP contribution in [-0.4, -0.2) is 10.2 Å². The molecule has 0 saturated heterocycles. The van der Waals surface area contributed by atoms with Crippen LogP contribution in [0, 0.1) is 0 Å². The van der Waals surface area contributed by atoms with E-state index in [1.807, 2.05) is 18.2 Å². The average molecular weight is 160 g/mol. The fourth-order valence-electron chi connectivity index (χ4n) is 1.24. The summed E-state index contributed by atoms with van der Waals surface area (Å²) < 4.78 is 0. The molecule has 0 fully saturated rings. The summed E-state index contributed by atoms with van der Waals surface area (Å²) in [4.78, 5) is 0. The molecule has 60 valence electrons. The number of rotatable bonds is 0. The van der Waals surface area contributed by atoms with E-state index < -0.39 is 0 Å². The third-order valence-electron chi connectivity index (χ3n) is 1.88. The van der Waals surface area contributed by atoms with Gasteiger partial charge < -0.3 is 10.2 Å². The Hall–Kier alpha value is -1.70. The molecule has 0 aliphatic rings. The maximum absolute atomic E-state index is 9.41. The highest BCUT2D eigenvalue weighted by atomic mass is 16.3. The Balaban J connectivity index is 2.91. The van der Waals surface area contributed by atoms with E-state index in [1.54, 1.807) is 12.1 Å². The second-order valence-corrected chi connectivity index (χ2v) is 2.65. The molecule has 0 radical (unpaired) electrons. The van der Waals surface area contributed by atoms with E-state index in [9.17, 15) is 5.11 Å². The van der Waals surface area contributed by atoms with E-state index in [0.29, 0.717) is 5.39 Å². The zero-order valence-corrected chi connectivity index (χ0v) is 6.36. The summed E-state index contributed by atoms with van der Waals surface area (Å²) in [6.45, 7) is 0. The molecule has 2 heteroatoms. The van der Waals surface area contributed by atoms with Gasteiger partial charge in [0.1, 0.15) is 0 Å². The van der Waals surface area contributed by atoms with E-state index in [4.69, 9.17) is 5.11 Å². The zero-order valence-electron chi connectivity index (χ0n) is 6.36. The van der Waals surface area contributed by atoms with Crippen LogP contribution in [0.2, 0.25) is 0 Å². The molecule has 2 nitrogen and oxygen atoms in total. The molecular formula is C10H8O2. The first-order chi connectivity index (χ1) is 5.79. The van der Waals surface area contributed by atoms with Gasteiger partial charge in [0.25, 0.3) is 0 Å². The van der Waals surface area contributed by atoms with E-state index in [1.165, 1.54) is 6.07 Å². The summed E-state index contributed by atoms with van der Waals surface area (Å²) in [6, 6.07) is 10.6. The van der Waals surface area contributed by atoms with Crippen molar-refractivity contribution in [3.63, 3.8) is 0 Å². The lowest BCUT2D eigenvalue weighted by molar-refractivity contribution is 0.408. The van der Waals surface area contributed by atoms with Gasteiger partial charge in [0.2, 0.25) is 0 Å². The predicted molar refractivity (Wildman–Crippen MR) is 47.3 cm³/mol. The van der Waals surface area contributed by atoms with Crippen molar-refractivity contribution in [2.45, 2.75) is 0 Å². The van der Waals surface area contributed by atoms with Gasteiger partial charge in [0, 0.05) is 5.39 Å². The molecule has 0 amide bonds. The molecule has 0 bridgehead atoms. The van der Waals surface area contributed by atoms with Gasteiger partial charge in [-0.3, -0.25) is 0 Å². The lowest BCUT2D eigenvalue weighted by atomic mass is 10.1. The molecule has 0 aromatic heterocycles. The normalized spacial score (nSPS) is 10.3. The van der Waals surface area contributed by atoms with Crippen molar-refractivity contribution < 1.29 is 10.2 Å². The van der Waals surface area contributed by atoms with E-state index in [2.05, 4.69) is 0 Å². The Morgan fingerprint density at radius 2 is 1.58 bits per heavy atom. The Morgan fingerprint density at radius 1 is 0.833 bits per heavy atom. The standard InChI is InChI=1S/C10H8O2/c11-9-6-5-7-3-1-2-4-8(7)10(9)12/h1-6,11-12H. The minimum atomic E-state index is -0.0753. The Morgan fingerprint density at radius 3 is 2.42 bits per heavy atom. The van der Waals surface area contributed by atoms with Crippen molar-refractivity contribution in [2.75, 3.05) is 0 Å². The van der Waals surface area contributed by atoms with Gasteiger partial charge in [-0.2, -0.15) is 0 Å². The molecule has 0 aliphatic heterocycles. The molecule has 2 rings (SSSR count). The first-order valence-electron chi connectivity index (χ1n) is 3.69. The highest BCUT2D eigenvalue weighted by Crippen LogP contribution is 2.32. The lowest BCUT2D eigenvalue weighted by Gasteiger charge is -2.01. The van der Waals surface area contributed by atoms with E-state index in [-0.39, 0.29) is 11.5 Å². The molecule has 0 atom stereocenters. The van der Waals surface area contributed by atoms with Gasteiger partial charge in [-0.05, 0) is 11.5 Å². The van der Waals surface area contributed by atoms with Gasteiger partial charge in [0.15, 0.2) is 11.5 Å². The van der Waals surface area contributed by atoms with Crippen molar-refractivity contribution in [1.82, 2.24) is 0 Å². The number of benzene rings is 2. The summed E-state index contributed by atoms with van der Waals surface area (Å²) in [5.74, 6) is -0.123. The van der Waals surface area contributed by atoms with Crippen LogP contribution in [0.15, 0.2) is 36.4 Å². The summed E-state index contributed by atoms with van der Waals surface area (Å²) in [5, 5.41) is 20.2. The van der Waals surface area contributed by atoms with Crippen molar-refractivity contribution in [2.24, 2.45) is 0 Å². The number of fused-ring (bicyclic) bond motifs is 1. The second-order valence-electron chi connectivity index (χ2n) is 2.65. The fourth-order valence-corrected chi connectivity index (χ4v) is 1.24. The van der Waals surface area contributed by atoms with Gasteiger partial charge in [0.05, 0.1) is 0 Å². The molecule has 0 spiro atoms. The molecule has 2 aromatic carbocycles. The summed E-state index contributed by atoms with van der Waals surface area (Å²) >= 11 is 0. The smallest absolute Gasteiger partial charge is 0.165 e. The van der Waals surface area contributed by atoms with Gasteiger partial charge in [-0.15, -0.1) is 0 Å². The number of hydrogen-bond acceptors (Lipinski definition) is 2. The maximum Gasteiger partial charge on any atom is 0.165 e. The van der Waals surface area contributed by atoms with Crippen LogP contribution in [-0.2, 0) is 0 Å². The third-order valence-corrected chi connectivity index (χ3v) is 1.88. The highest BCUT2D eigenvalue weighted by molar-refractivity contribution is 5.90. The summed E-state index contributed by atoms with van der Waals surface area (Å²) in [5.41, 5.74) is 0. The lowest BCUT2D eigenvalue weighted by Crippen LogP contribution is -1.73. The third kappa shape index (κ3) is 0.889. The van der Waals surface area contributed by atoms with Gasteiger partial charge in [-0.25, -0.2) is 0 Å². The molecule has 0 heterocycles. The van der Waals surface area contributed by atoms with Gasteiger partial charge in [-0.1, -0.05) is 30.3 Å². The van der Waals surface area contributed by atoms with Crippen LogP contribution in [0.4, 0.5) is 0 Å². The van der Waals surface area contributed by atoms with Crippen LogP contribution in [0.1, 0.15) is 0 Å². The summed E-state index contributed by atoms with van der Waals surface area (Å²) in [6.07, 6.45) is 0. The van der Waals surface area contributed by atoms with Crippen LogP contribution in [0.3, 0.4) is 0 Å². The molecule has 2 N–H and O–H groups in total. The van der Waals surface area contributed by atoms with Crippen LogP contribution in [0.25, 0.3) is 10.8 Å². The monoisotopic (exact) mass is 160 g/mol. The zero-order chi connectivity index (χ0) is 8.55. The average Bonchev–Trinajstić information content (AvgIpc) is 2.12. The molecule has 0 saturated carbocycles. The molecule has 12 heavy (non-hydrogen) atoms. The fraction of sp³-hybridized carbons (Fsp3) is 0. The van der Waals surface area contributed by atoms with Gasteiger partial charge >= 0.3 is 0 Å². The van der Waals surface area contributed by atoms with Crippen molar-refractivity contribution in [3.05, 3.63) is 36.4 Å². The van der Waals surface area contributed by atoms with Crippen LogP contribution in [0.5, 0.6) is 11.5 Å². The SMILES string of the molecule is Oc1ccc2ccccc2c1O. The molecule has 0 unspecified atom stereocenters. The second kappa shape index (κ2) is 2.41. The molecular weight excluding hydrogens is 152 g/mol. The van der Waals surface area contributed by atoms with Crippen molar-refractivity contribution in [1.29, 1.82) is 0 Å². The Kier molecular flexibility index (Phi) is 1.40. The van der Waals surface area contributed by atoms with Crippen molar-refractivity contribution in [3.8, 4) is 11.5 Å². The van der Waals surface area contributed by atoms with Crippen molar-refractivity contribution >= 4 is 10.8 Å². The Labute approximate surface area is 69.7 Å². The number of phenols is 2. The molecule has 2 aromatic rings. The topological polar surface area (TPSA) is 40.5 Å². The van der Waals surface area contributed by atoms with E-state index in [0.717, 1.165) is 5.39 Å². The number of hydrogen-bond donors (Lipinski definition) is 2. The molecule has 0 aliphatic carbocycles. The van der Waals surface area contributed by atoms with E-state index >= 15 is 0 Å². The minimum absolute atomic E-state index is 0.0481. The van der Waals surface area contributed by atoms with Crippen LogP contribution < -0.4 is 0 Å². The first-order valence-corrected chi connectivity index (χ1v) is 3.69. The highest BCUT2D eigenvalue weighted by Gasteiger charge is 2.02. The van der Waals surface area contributed by atoms with Crippen LogP contribution >= 0.6 is 0 Å². The number of aromatic hydroxyl groups is 2. The quantitative estimate of drug-likeness (QED) is 0.580. The minimum Gasteiger partial charge on any atom is -0.504 e. The Bertz CT molecular complexity index is 421. The summed E-state index contributed by atoms with van der Waals surface area (Å²) in [7, 11) is 0.